The number of hydrogen-bond donors (Lipinski definition) is 2. The minimum Gasteiger partial charge on any atom is -0.309 e. The molecule has 1 fully saturated rings. The summed E-state index contributed by atoms with van der Waals surface area (Å²) in [5, 5.41) is 9.05. The van der Waals surface area contributed by atoms with Crippen molar-refractivity contribution < 1.29 is 4.79 Å². The molecule has 2 N–H and O–H groups in total. The van der Waals surface area contributed by atoms with E-state index in [4.69, 9.17) is 0 Å². The molecular weight excluding hydrogens is 282 g/mol. The van der Waals surface area contributed by atoms with E-state index in [0.717, 1.165) is 17.4 Å². The van der Waals surface area contributed by atoms with Gasteiger partial charge >= 0.3 is 0 Å². The van der Waals surface area contributed by atoms with Crippen molar-refractivity contribution in [3.63, 3.8) is 0 Å². The highest BCUT2D eigenvalue weighted by atomic mass is 32.1. The molecule has 1 saturated carbocycles. The van der Waals surface area contributed by atoms with Crippen LogP contribution < -0.4 is 10.6 Å². The van der Waals surface area contributed by atoms with E-state index < -0.39 is 0 Å². The van der Waals surface area contributed by atoms with Crippen LogP contribution >= 0.6 is 11.3 Å². The van der Waals surface area contributed by atoms with Crippen molar-refractivity contribution in [2.24, 2.45) is 5.92 Å². The van der Waals surface area contributed by atoms with Crippen LogP contribution in [0.15, 0.2) is 5.38 Å². The van der Waals surface area contributed by atoms with Crippen LogP contribution in [0.25, 0.3) is 0 Å². The smallest absolute Gasteiger partial charge is 0.226 e. The Labute approximate surface area is 131 Å². The van der Waals surface area contributed by atoms with Crippen molar-refractivity contribution in [2.75, 3.05) is 11.9 Å². The lowest BCUT2D eigenvalue weighted by Gasteiger charge is -2.12. The van der Waals surface area contributed by atoms with Crippen molar-refractivity contribution in [1.29, 1.82) is 0 Å². The number of aromatic nitrogens is 1. The van der Waals surface area contributed by atoms with Crippen LogP contribution in [0.5, 0.6) is 0 Å². The summed E-state index contributed by atoms with van der Waals surface area (Å²) in [7, 11) is 0. The van der Waals surface area contributed by atoms with Gasteiger partial charge in [-0.25, -0.2) is 4.98 Å². The zero-order valence-corrected chi connectivity index (χ0v) is 14.0. The van der Waals surface area contributed by atoms with E-state index in [-0.39, 0.29) is 11.9 Å². The molecule has 0 aromatic carbocycles. The Hall–Kier alpha value is -0.940. The number of carbonyl (C=O) groups is 1. The van der Waals surface area contributed by atoms with Gasteiger partial charge in [-0.05, 0) is 32.2 Å². The molecule has 1 aliphatic rings. The number of carbonyl (C=O) groups excluding carboxylic acids is 1. The lowest BCUT2D eigenvalue weighted by molar-refractivity contribution is -0.117. The Morgan fingerprint density at radius 1 is 1.38 bits per heavy atom. The van der Waals surface area contributed by atoms with Crippen molar-refractivity contribution in [3.05, 3.63) is 11.1 Å². The zero-order valence-electron chi connectivity index (χ0n) is 13.2. The molecule has 0 bridgehead atoms. The van der Waals surface area contributed by atoms with Gasteiger partial charge in [-0.15, -0.1) is 11.3 Å². The Bertz CT molecular complexity index is 438. The summed E-state index contributed by atoms with van der Waals surface area (Å²) in [6, 6.07) is 0.235. The molecule has 2 rings (SSSR count). The molecule has 0 saturated heterocycles. The van der Waals surface area contributed by atoms with E-state index in [1.165, 1.54) is 49.9 Å². The molecule has 21 heavy (non-hydrogen) atoms. The maximum absolute atomic E-state index is 12.1. The van der Waals surface area contributed by atoms with Crippen LogP contribution in [0.3, 0.4) is 0 Å². The zero-order chi connectivity index (χ0) is 15.1. The fraction of sp³-hybridized carbons (Fsp3) is 0.750. The molecule has 0 radical (unpaired) electrons. The molecule has 0 aliphatic heterocycles. The number of nitrogens with zero attached hydrogens (tertiary/aromatic N) is 1. The van der Waals surface area contributed by atoms with Gasteiger partial charge in [0.25, 0.3) is 0 Å². The second kappa shape index (κ2) is 8.49. The maximum atomic E-state index is 12.1. The van der Waals surface area contributed by atoms with Crippen LogP contribution in [0.1, 0.15) is 70.5 Å². The largest absolute Gasteiger partial charge is 0.309 e. The molecule has 1 unspecified atom stereocenters. The van der Waals surface area contributed by atoms with Gasteiger partial charge in [0.15, 0.2) is 5.13 Å². The van der Waals surface area contributed by atoms with Crippen LogP contribution in [0.2, 0.25) is 0 Å². The van der Waals surface area contributed by atoms with Crippen molar-refractivity contribution >= 4 is 22.4 Å². The summed E-state index contributed by atoms with van der Waals surface area (Å²) < 4.78 is 0. The quantitative estimate of drug-likeness (QED) is 0.777. The van der Waals surface area contributed by atoms with E-state index in [1.54, 1.807) is 0 Å². The van der Waals surface area contributed by atoms with Gasteiger partial charge in [0.2, 0.25) is 5.91 Å². The molecular formula is C16H27N3OS. The van der Waals surface area contributed by atoms with Crippen LogP contribution in [0.4, 0.5) is 5.13 Å². The minimum atomic E-state index is 0.124. The molecule has 5 heteroatoms. The van der Waals surface area contributed by atoms with Gasteiger partial charge in [0.1, 0.15) is 0 Å². The normalized spacial score (nSPS) is 18.2. The summed E-state index contributed by atoms with van der Waals surface area (Å²) in [6.07, 6.45) is 8.27. The summed E-state index contributed by atoms with van der Waals surface area (Å²) >= 11 is 1.52. The summed E-state index contributed by atoms with van der Waals surface area (Å²) in [4.78, 5) is 16.6. The second-order valence-corrected chi connectivity index (χ2v) is 6.82. The molecule has 1 aromatic heterocycles. The van der Waals surface area contributed by atoms with E-state index >= 15 is 0 Å². The monoisotopic (exact) mass is 309 g/mol. The van der Waals surface area contributed by atoms with Gasteiger partial charge in [-0.2, -0.15) is 0 Å². The molecule has 1 aliphatic carbocycles. The van der Waals surface area contributed by atoms with E-state index in [0.29, 0.717) is 12.3 Å². The Balaban J connectivity index is 1.82. The summed E-state index contributed by atoms with van der Waals surface area (Å²) in [5.74, 6) is 0.687. The first-order valence-electron chi connectivity index (χ1n) is 8.17. The number of hydrogen-bond acceptors (Lipinski definition) is 4. The van der Waals surface area contributed by atoms with E-state index in [1.807, 2.05) is 5.38 Å². The molecule has 1 amide bonds. The van der Waals surface area contributed by atoms with Crippen molar-refractivity contribution in [3.8, 4) is 0 Å². The van der Waals surface area contributed by atoms with Crippen LogP contribution in [0, 0.1) is 5.92 Å². The first-order chi connectivity index (χ1) is 10.2. The highest BCUT2D eigenvalue weighted by molar-refractivity contribution is 7.13. The Kier molecular flexibility index (Phi) is 6.64. The molecule has 1 heterocycles. The highest BCUT2D eigenvalue weighted by Gasteiger charge is 2.17. The van der Waals surface area contributed by atoms with Crippen LogP contribution in [-0.2, 0) is 4.79 Å². The lowest BCUT2D eigenvalue weighted by Crippen LogP contribution is -2.19. The average Bonchev–Trinajstić information content (AvgIpc) is 2.76. The van der Waals surface area contributed by atoms with Crippen LogP contribution in [-0.4, -0.2) is 17.4 Å². The summed E-state index contributed by atoms with van der Waals surface area (Å²) in [5.41, 5.74) is 1.01. The molecule has 1 atom stereocenters. The lowest BCUT2D eigenvalue weighted by atomic mass is 9.96. The van der Waals surface area contributed by atoms with Gasteiger partial charge in [0, 0.05) is 17.8 Å². The van der Waals surface area contributed by atoms with E-state index in [2.05, 4.69) is 29.5 Å². The number of thiazole rings is 1. The first kappa shape index (κ1) is 16.4. The third-order valence-corrected chi connectivity index (χ3v) is 4.95. The molecule has 118 valence electrons. The SMILES string of the molecule is CCNC(C)c1csc(NC(=O)CC2CCCCCC2)n1. The molecule has 4 nitrogen and oxygen atoms in total. The highest BCUT2D eigenvalue weighted by Crippen LogP contribution is 2.26. The Morgan fingerprint density at radius 2 is 2.10 bits per heavy atom. The number of rotatable bonds is 6. The average molecular weight is 309 g/mol. The summed E-state index contributed by atoms with van der Waals surface area (Å²) in [6.45, 7) is 5.09. The molecule has 1 aromatic rings. The first-order valence-corrected chi connectivity index (χ1v) is 9.05. The fourth-order valence-electron chi connectivity index (χ4n) is 2.95. The second-order valence-electron chi connectivity index (χ2n) is 5.97. The third-order valence-electron chi connectivity index (χ3n) is 4.17. The standard InChI is InChI=1S/C16H27N3OS/c1-3-17-12(2)14-11-21-16(18-14)19-15(20)10-13-8-6-4-5-7-9-13/h11-13,17H,3-10H2,1-2H3,(H,18,19,20). The predicted molar refractivity (Wildman–Crippen MR) is 88.6 cm³/mol. The van der Waals surface area contributed by atoms with Gasteiger partial charge in [0.05, 0.1) is 5.69 Å². The van der Waals surface area contributed by atoms with Crippen molar-refractivity contribution in [2.45, 2.75) is 64.8 Å². The maximum Gasteiger partial charge on any atom is 0.226 e. The number of amides is 1. The fourth-order valence-corrected chi connectivity index (χ4v) is 3.77. The van der Waals surface area contributed by atoms with Gasteiger partial charge in [-0.3, -0.25) is 4.79 Å². The Morgan fingerprint density at radius 3 is 2.76 bits per heavy atom. The third kappa shape index (κ3) is 5.40. The van der Waals surface area contributed by atoms with Gasteiger partial charge < -0.3 is 10.6 Å². The van der Waals surface area contributed by atoms with Gasteiger partial charge in [-0.1, -0.05) is 32.6 Å². The van der Waals surface area contributed by atoms with E-state index in [9.17, 15) is 4.79 Å². The number of anilines is 1. The minimum absolute atomic E-state index is 0.124. The number of nitrogens with one attached hydrogen (secondary N) is 2. The topological polar surface area (TPSA) is 54.0 Å². The molecule has 0 spiro atoms. The predicted octanol–water partition coefficient (Wildman–Crippen LogP) is 4.11. The van der Waals surface area contributed by atoms with Crippen molar-refractivity contribution in [1.82, 2.24) is 10.3 Å².